The number of aliphatic hydroxyl groups is 1. The first-order chi connectivity index (χ1) is 13.3. The number of hydrogen-bond acceptors (Lipinski definition) is 6. The van der Waals surface area contributed by atoms with E-state index in [2.05, 4.69) is 15.3 Å². The molecule has 10 heteroatoms. The van der Waals surface area contributed by atoms with Crippen molar-refractivity contribution in [1.29, 1.82) is 0 Å². The summed E-state index contributed by atoms with van der Waals surface area (Å²) in [4.78, 5) is 2.23. The zero-order valence-corrected chi connectivity index (χ0v) is 15.4. The molecule has 2 N–H and O–H groups in total. The highest BCUT2D eigenvalue weighted by atomic mass is 19.4. The van der Waals surface area contributed by atoms with Gasteiger partial charge < -0.3 is 19.9 Å². The highest BCUT2D eigenvalue weighted by Crippen LogP contribution is 2.33. The van der Waals surface area contributed by atoms with E-state index in [1.54, 1.807) is 30.1 Å². The summed E-state index contributed by atoms with van der Waals surface area (Å²) >= 11 is 0. The minimum Gasteiger partial charge on any atom is -0.492 e. The second-order valence-electron chi connectivity index (χ2n) is 6.44. The topological polar surface area (TPSA) is 71.8 Å². The fraction of sp³-hybridized carbons (Fsp3) is 0.500. The van der Waals surface area contributed by atoms with Gasteiger partial charge in [-0.2, -0.15) is 18.3 Å². The smallest absolute Gasteiger partial charge is 0.433 e. The van der Waals surface area contributed by atoms with E-state index in [-0.39, 0.29) is 5.69 Å². The lowest BCUT2D eigenvalue weighted by atomic mass is 10.1. The molecule has 1 aliphatic rings. The van der Waals surface area contributed by atoms with Crippen LogP contribution in [0.3, 0.4) is 0 Å². The lowest BCUT2D eigenvalue weighted by Gasteiger charge is -2.26. The van der Waals surface area contributed by atoms with Gasteiger partial charge in [-0.25, -0.2) is 0 Å². The summed E-state index contributed by atoms with van der Waals surface area (Å²) < 4.78 is 50.7. The lowest BCUT2D eigenvalue weighted by Crippen LogP contribution is -2.38. The summed E-state index contributed by atoms with van der Waals surface area (Å²) in [5.74, 6) is 0.531. The first-order valence-electron chi connectivity index (χ1n) is 8.91. The molecule has 0 amide bonds. The van der Waals surface area contributed by atoms with Gasteiger partial charge in [0.2, 0.25) is 6.23 Å². The Morgan fingerprint density at radius 3 is 2.68 bits per heavy atom. The zero-order chi connectivity index (χ0) is 20.1. The molecule has 1 aromatic carbocycles. The van der Waals surface area contributed by atoms with Crippen molar-refractivity contribution < 1.29 is 27.8 Å². The van der Waals surface area contributed by atoms with Crippen LogP contribution in [-0.2, 0) is 11.8 Å². The first-order valence-corrected chi connectivity index (χ1v) is 8.91. The molecule has 1 aliphatic heterocycles. The van der Waals surface area contributed by atoms with E-state index < -0.39 is 12.4 Å². The first kappa shape index (κ1) is 20.4. The molecule has 154 valence electrons. The number of aliphatic hydroxyl groups excluding tert-OH is 1. The molecule has 0 bridgehead atoms. The van der Waals surface area contributed by atoms with Crippen LogP contribution in [0.1, 0.15) is 0 Å². The summed E-state index contributed by atoms with van der Waals surface area (Å²) in [6.45, 7) is 4.24. The van der Waals surface area contributed by atoms with Gasteiger partial charge in [0.05, 0.1) is 18.9 Å². The van der Waals surface area contributed by atoms with Gasteiger partial charge in [-0.05, 0) is 24.3 Å². The Bertz CT molecular complexity index is 776. The average molecular weight is 400 g/mol. The molecular formula is C18H23F3N4O3. The van der Waals surface area contributed by atoms with Crippen molar-refractivity contribution >= 4 is 5.69 Å². The number of morpholine rings is 1. The van der Waals surface area contributed by atoms with Gasteiger partial charge in [-0.1, -0.05) is 0 Å². The van der Waals surface area contributed by atoms with Crippen molar-refractivity contribution in [3.8, 4) is 17.0 Å². The van der Waals surface area contributed by atoms with Gasteiger partial charge in [0.15, 0.2) is 0 Å². The molecule has 0 aliphatic carbocycles. The number of halogens is 3. The SMILES string of the molecule is Cn1nccc1-c1cc(NC(O)C(F)(F)F)ccc1OCCN1CCOCC1. The van der Waals surface area contributed by atoms with Gasteiger partial charge in [0.25, 0.3) is 0 Å². The van der Waals surface area contributed by atoms with Crippen LogP contribution >= 0.6 is 0 Å². The second-order valence-corrected chi connectivity index (χ2v) is 6.44. The Morgan fingerprint density at radius 1 is 1.29 bits per heavy atom. The molecule has 0 saturated carbocycles. The Kier molecular flexibility index (Phi) is 6.42. The van der Waals surface area contributed by atoms with Crippen molar-refractivity contribution in [2.24, 2.45) is 7.05 Å². The normalized spacial score (nSPS) is 16.8. The van der Waals surface area contributed by atoms with Gasteiger partial charge in [0, 0.05) is 44.1 Å². The van der Waals surface area contributed by atoms with E-state index in [0.29, 0.717) is 36.8 Å². The predicted molar refractivity (Wildman–Crippen MR) is 97.1 cm³/mol. The third-order valence-corrected chi connectivity index (χ3v) is 4.46. The number of ether oxygens (including phenoxy) is 2. The largest absolute Gasteiger partial charge is 0.492 e. The number of aromatic nitrogens is 2. The summed E-state index contributed by atoms with van der Waals surface area (Å²) in [7, 11) is 1.73. The van der Waals surface area contributed by atoms with E-state index in [4.69, 9.17) is 9.47 Å². The second kappa shape index (κ2) is 8.80. The molecule has 7 nitrogen and oxygen atoms in total. The number of aryl methyl sites for hydroxylation is 1. The molecule has 1 aromatic heterocycles. The van der Waals surface area contributed by atoms with E-state index in [9.17, 15) is 18.3 Å². The minimum atomic E-state index is -4.76. The van der Waals surface area contributed by atoms with Crippen LogP contribution in [0.2, 0.25) is 0 Å². The fourth-order valence-electron chi connectivity index (χ4n) is 2.93. The number of rotatable bonds is 7. The van der Waals surface area contributed by atoms with Crippen LogP contribution < -0.4 is 10.1 Å². The molecule has 1 fully saturated rings. The van der Waals surface area contributed by atoms with E-state index in [1.807, 2.05) is 0 Å². The molecule has 28 heavy (non-hydrogen) atoms. The Balaban J connectivity index is 1.75. The molecule has 1 atom stereocenters. The van der Waals surface area contributed by atoms with Gasteiger partial charge >= 0.3 is 6.18 Å². The van der Waals surface area contributed by atoms with Crippen molar-refractivity contribution in [2.75, 3.05) is 44.8 Å². The highest BCUT2D eigenvalue weighted by molar-refractivity contribution is 5.72. The van der Waals surface area contributed by atoms with Crippen LogP contribution in [0.15, 0.2) is 30.5 Å². The van der Waals surface area contributed by atoms with Crippen LogP contribution in [0.4, 0.5) is 18.9 Å². The number of anilines is 1. The quantitative estimate of drug-likeness (QED) is 0.694. The third kappa shape index (κ3) is 5.15. The van der Waals surface area contributed by atoms with Crippen LogP contribution in [0, 0.1) is 0 Å². The van der Waals surface area contributed by atoms with Crippen molar-refractivity contribution in [1.82, 2.24) is 14.7 Å². The number of alkyl halides is 3. The number of benzene rings is 1. The summed E-state index contributed by atoms with van der Waals surface area (Å²) in [5, 5.41) is 15.4. The minimum absolute atomic E-state index is 0.126. The summed E-state index contributed by atoms with van der Waals surface area (Å²) in [5.41, 5.74) is 1.40. The lowest BCUT2D eigenvalue weighted by molar-refractivity contribution is -0.194. The molecule has 0 spiro atoms. The molecular weight excluding hydrogens is 377 g/mol. The molecule has 2 heterocycles. The fourth-order valence-corrected chi connectivity index (χ4v) is 2.93. The Morgan fingerprint density at radius 2 is 2.04 bits per heavy atom. The third-order valence-electron chi connectivity index (χ3n) is 4.46. The van der Waals surface area contributed by atoms with Crippen LogP contribution in [-0.4, -0.2) is 71.6 Å². The number of nitrogens with zero attached hydrogens (tertiary/aromatic N) is 3. The number of nitrogens with one attached hydrogen (secondary N) is 1. The standard InChI is InChI=1S/C18H23F3N4O3/c1-24-15(4-5-22-24)14-12-13(23-17(26)18(19,20)21)2-3-16(14)28-11-8-25-6-9-27-10-7-25/h2-5,12,17,23,26H,6-11H2,1H3. The van der Waals surface area contributed by atoms with E-state index in [0.717, 1.165) is 19.6 Å². The van der Waals surface area contributed by atoms with Crippen molar-refractivity contribution in [3.63, 3.8) is 0 Å². The average Bonchev–Trinajstić information content (AvgIpc) is 3.08. The summed E-state index contributed by atoms with van der Waals surface area (Å²) in [6, 6.07) is 6.29. The van der Waals surface area contributed by atoms with Crippen molar-refractivity contribution in [3.05, 3.63) is 30.5 Å². The monoisotopic (exact) mass is 400 g/mol. The Labute approximate surface area is 160 Å². The molecule has 2 aromatic rings. The van der Waals surface area contributed by atoms with Gasteiger partial charge in [0.1, 0.15) is 12.4 Å². The maximum absolute atomic E-state index is 12.6. The van der Waals surface area contributed by atoms with Gasteiger partial charge in [-0.3, -0.25) is 9.58 Å². The molecule has 3 rings (SSSR count). The van der Waals surface area contributed by atoms with E-state index >= 15 is 0 Å². The predicted octanol–water partition coefficient (Wildman–Crippen LogP) is 2.09. The maximum Gasteiger partial charge on any atom is 0.433 e. The maximum atomic E-state index is 12.6. The van der Waals surface area contributed by atoms with Crippen LogP contribution in [0.5, 0.6) is 5.75 Å². The van der Waals surface area contributed by atoms with E-state index in [1.165, 1.54) is 12.1 Å². The molecule has 1 unspecified atom stereocenters. The zero-order valence-electron chi connectivity index (χ0n) is 15.4. The summed E-state index contributed by atoms with van der Waals surface area (Å²) in [6.07, 6.45) is -5.82. The van der Waals surface area contributed by atoms with Crippen molar-refractivity contribution in [2.45, 2.75) is 12.4 Å². The molecule has 0 radical (unpaired) electrons. The molecule has 1 saturated heterocycles. The highest BCUT2D eigenvalue weighted by Gasteiger charge is 2.38. The van der Waals surface area contributed by atoms with Gasteiger partial charge in [-0.15, -0.1) is 0 Å². The Hall–Kier alpha value is -2.30. The number of hydrogen-bond donors (Lipinski definition) is 2. The van der Waals surface area contributed by atoms with Crippen LogP contribution in [0.25, 0.3) is 11.3 Å².